The van der Waals surface area contributed by atoms with E-state index in [0.717, 1.165) is 22.0 Å². The number of hydrogen-bond acceptors (Lipinski definition) is 1. The first kappa shape index (κ1) is 16.0. The molecule has 0 aliphatic carbocycles. The summed E-state index contributed by atoms with van der Waals surface area (Å²) in [7, 11) is 0.120. The average Bonchev–Trinajstić information content (AvgIpc) is 2.36. The van der Waals surface area contributed by atoms with Crippen LogP contribution in [0.5, 0.6) is 5.75 Å². The van der Waals surface area contributed by atoms with Gasteiger partial charge in [0.15, 0.2) is 0 Å². The summed E-state index contributed by atoms with van der Waals surface area (Å²) in [5, 5.41) is 12.1. The first-order valence-electron chi connectivity index (χ1n) is 7.06. The number of phenolic OH excluding ortho intramolecular Hbond substituents is 1. The summed E-state index contributed by atoms with van der Waals surface area (Å²) in [5.74, 6) is 0.0978. The summed E-state index contributed by atoms with van der Waals surface area (Å²) in [6, 6.07) is 9.07. The Morgan fingerprint density at radius 1 is 1.10 bits per heavy atom. The van der Waals surface area contributed by atoms with Gasteiger partial charge in [-0.05, 0) is 42.5 Å². The van der Waals surface area contributed by atoms with Crippen LogP contribution in [0.2, 0.25) is 0 Å². The standard InChI is InChI=1S/C18H22FOP/c1-11-9-13(18(3,4)5)16(20)15(10-11)21-17-12(2)7-6-8-14(17)19/h6-10,20-21H,1-5H3. The van der Waals surface area contributed by atoms with E-state index in [1.807, 2.05) is 32.0 Å². The molecule has 1 unspecified atom stereocenters. The summed E-state index contributed by atoms with van der Waals surface area (Å²) in [6.07, 6.45) is 0. The van der Waals surface area contributed by atoms with E-state index in [0.29, 0.717) is 11.1 Å². The van der Waals surface area contributed by atoms with Crippen LogP contribution in [0.1, 0.15) is 37.5 Å². The Labute approximate surface area is 128 Å². The fraction of sp³-hybridized carbons (Fsp3) is 0.333. The highest BCUT2D eigenvalue weighted by atomic mass is 31.1. The lowest BCUT2D eigenvalue weighted by Crippen LogP contribution is -2.17. The minimum atomic E-state index is -0.202. The lowest BCUT2D eigenvalue weighted by Gasteiger charge is -2.23. The zero-order valence-electron chi connectivity index (χ0n) is 13.2. The first-order valence-corrected chi connectivity index (χ1v) is 8.06. The number of benzene rings is 2. The molecule has 3 heteroatoms. The Bertz CT molecular complexity index is 651. The van der Waals surface area contributed by atoms with Crippen molar-refractivity contribution in [2.75, 3.05) is 0 Å². The summed E-state index contributed by atoms with van der Waals surface area (Å²) in [4.78, 5) is 0. The molecule has 1 N–H and O–H groups in total. The van der Waals surface area contributed by atoms with Crippen LogP contribution in [0, 0.1) is 19.7 Å². The van der Waals surface area contributed by atoms with E-state index in [1.165, 1.54) is 6.07 Å². The summed E-state index contributed by atoms with van der Waals surface area (Å²) in [6.45, 7) is 10.1. The molecule has 0 amide bonds. The Morgan fingerprint density at radius 3 is 2.33 bits per heavy atom. The number of halogens is 1. The fourth-order valence-electron chi connectivity index (χ4n) is 2.37. The average molecular weight is 304 g/mol. The first-order chi connectivity index (χ1) is 9.70. The number of rotatable bonds is 2. The second kappa shape index (κ2) is 5.77. The maximum Gasteiger partial charge on any atom is 0.131 e. The molecule has 0 spiro atoms. The van der Waals surface area contributed by atoms with Crippen molar-refractivity contribution >= 4 is 19.2 Å². The number of aryl methyl sites for hydroxylation is 2. The predicted octanol–water partition coefficient (Wildman–Crippen LogP) is 4.07. The Morgan fingerprint density at radius 2 is 1.76 bits per heavy atom. The minimum Gasteiger partial charge on any atom is -0.507 e. The molecule has 21 heavy (non-hydrogen) atoms. The van der Waals surface area contributed by atoms with Gasteiger partial charge in [-0.15, -0.1) is 0 Å². The molecular formula is C18H22FOP. The Balaban J connectivity index is 2.53. The molecule has 2 aromatic carbocycles. The molecule has 0 radical (unpaired) electrons. The topological polar surface area (TPSA) is 20.2 Å². The van der Waals surface area contributed by atoms with Crippen molar-refractivity contribution in [3.63, 3.8) is 0 Å². The summed E-state index contributed by atoms with van der Waals surface area (Å²) < 4.78 is 14.0. The van der Waals surface area contributed by atoms with Gasteiger partial charge in [0.2, 0.25) is 0 Å². The van der Waals surface area contributed by atoms with Gasteiger partial charge in [0, 0.05) is 16.2 Å². The zero-order valence-corrected chi connectivity index (χ0v) is 14.2. The second-order valence-corrected chi connectivity index (χ2v) is 7.80. The SMILES string of the molecule is Cc1cc(Pc2c(C)cccc2F)c(O)c(C(C)(C)C)c1. The molecule has 0 bridgehead atoms. The van der Waals surface area contributed by atoms with Crippen LogP contribution in [0.25, 0.3) is 0 Å². The second-order valence-electron chi connectivity index (χ2n) is 6.52. The molecule has 0 aromatic heterocycles. The van der Waals surface area contributed by atoms with Crippen molar-refractivity contribution in [2.24, 2.45) is 0 Å². The highest BCUT2D eigenvalue weighted by Crippen LogP contribution is 2.33. The van der Waals surface area contributed by atoms with Gasteiger partial charge in [0.1, 0.15) is 11.6 Å². The van der Waals surface area contributed by atoms with Crippen molar-refractivity contribution in [3.8, 4) is 5.75 Å². The van der Waals surface area contributed by atoms with Crippen molar-refractivity contribution in [3.05, 3.63) is 52.8 Å². The van der Waals surface area contributed by atoms with Gasteiger partial charge < -0.3 is 5.11 Å². The monoisotopic (exact) mass is 304 g/mol. The quantitative estimate of drug-likeness (QED) is 0.829. The van der Waals surface area contributed by atoms with Gasteiger partial charge in [0.05, 0.1) is 0 Å². The van der Waals surface area contributed by atoms with E-state index < -0.39 is 0 Å². The third-order valence-corrected chi connectivity index (χ3v) is 5.08. The van der Waals surface area contributed by atoms with E-state index in [2.05, 4.69) is 20.8 Å². The number of hydrogen-bond donors (Lipinski definition) is 1. The Kier molecular flexibility index (Phi) is 4.39. The van der Waals surface area contributed by atoms with Crippen molar-refractivity contribution in [2.45, 2.75) is 40.0 Å². The molecule has 0 heterocycles. The van der Waals surface area contributed by atoms with Crippen LogP contribution in [0.15, 0.2) is 30.3 Å². The van der Waals surface area contributed by atoms with E-state index >= 15 is 0 Å². The molecule has 2 aromatic rings. The fourth-order valence-corrected chi connectivity index (χ4v) is 3.68. The lowest BCUT2D eigenvalue weighted by molar-refractivity contribution is 0.450. The maximum atomic E-state index is 14.0. The molecule has 1 atom stereocenters. The van der Waals surface area contributed by atoms with Crippen LogP contribution in [0.3, 0.4) is 0 Å². The highest BCUT2D eigenvalue weighted by Gasteiger charge is 2.21. The smallest absolute Gasteiger partial charge is 0.131 e. The van der Waals surface area contributed by atoms with Gasteiger partial charge >= 0.3 is 0 Å². The Hall–Kier alpha value is -1.40. The van der Waals surface area contributed by atoms with Crippen LogP contribution in [-0.4, -0.2) is 5.11 Å². The van der Waals surface area contributed by atoms with Gasteiger partial charge in [-0.2, -0.15) is 0 Å². The van der Waals surface area contributed by atoms with Gasteiger partial charge in [-0.3, -0.25) is 0 Å². The zero-order chi connectivity index (χ0) is 15.8. The van der Waals surface area contributed by atoms with Crippen molar-refractivity contribution < 1.29 is 9.50 Å². The molecule has 1 nitrogen and oxygen atoms in total. The van der Waals surface area contributed by atoms with E-state index in [4.69, 9.17) is 0 Å². The van der Waals surface area contributed by atoms with Crippen LogP contribution < -0.4 is 10.6 Å². The van der Waals surface area contributed by atoms with Crippen molar-refractivity contribution in [1.29, 1.82) is 0 Å². The van der Waals surface area contributed by atoms with Crippen molar-refractivity contribution in [1.82, 2.24) is 0 Å². The molecule has 0 saturated heterocycles. The summed E-state index contributed by atoms with van der Waals surface area (Å²) in [5.41, 5.74) is 2.79. The third-order valence-electron chi connectivity index (χ3n) is 3.54. The van der Waals surface area contributed by atoms with Gasteiger partial charge in [-0.1, -0.05) is 47.6 Å². The molecule has 0 aliphatic heterocycles. The van der Waals surface area contributed by atoms with Gasteiger partial charge in [-0.25, -0.2) is 4.39 Å². The molecular weight excluding hydrogens is 282 g/mol. The summed E-state index contributed by atoms with van der Waals surface area (Å²) >= 11 is 0. The highest BCUT2D eigenvalue weighted by molar-refractivity contribution is 7.55. The largest absolute Gasteiger partial charge is 0.507 e. The van der Waals surface area contributed by atoms with E-state index in [-0.39, 0.29) is 19.8 Å². The van der Waals surface area contributed by atoms with Crippen LogP contribution in [0.4, 0.5) is 4.39 Å². The molecule has 2 rings (SSSR count). The molecule has 112 valence electrons. The normalized spacial score (nSPS) is 12.3. The molecule has 0 aliphatic rings. The molecule has 0 fully saturated rings. The van der Waals surface area contributed by atoms with Crippen LogP contribution >= 0.6 is 8.58 Å². The number of phenols is 1. The van der Waals surface area contributed by atoms with Crippen LogP contribution in [-0.2, 0) is 5.41 Å². The maximum absolute atomic E-state index is 14.0. The third kappa shape index (κ3) is 3.44. The predicted molar refractivity (Wildman–Crippen MR) is 90.3 cm³/mol. The molecule has 0 saturated carbocycles. The van der Waals surface area contributed by atoms with E-state index in [9.17, 15) is 9.50 Å². The minimum absolute atomic E-state index is 0.120. The lowest BCUT2D eigenvalue weighted by atomic mass is 9.85. The van der Waals surface area contributed by atoms with E-state index in [1.54, 1.807) is 6.07 Å². The number of aromatic hydroxyl groups is 1. The van der Waals surface area contributed by atoms with Gasteiger partial charge in [0.25, 0.3) is 0 Å².